The van der Waals surface area contributed by atoms with Crippen LogP contribution in [0.1, 0.15) is 11.1 Å². The third kappa shape index (κ3) is 7.65. The Bertz CT molecular complexity index is 987. The standard InChI is InChI=1S/C22H25N3O6/c1-14(22(31)24-11-7-16-3-5-18(27)20(29)13-16)25-21(30)8-10-23-9-6-15-2-4-17(26)19(28)12-15/h2-5,8,10,12-13,23,26-29H,1,6-7,9,11H2,(H,24,31)(H,25,30). The summed E-state index contributed by atoms with van der Waals surface area (Å²) in [5.41, 5.74) is 1.43. The quantitative estimate of drug-likeness (QED) is 0.171. The first-order chi connectivity index (χ1) is 14.8. The summed E-state index contributed by atoms with van der Waals surface area (Å²) >= 11 is 0. The molecule has 0 heterocycles. The van der Waals surface area contributed by atoms with Gasteiger partial charge in [-0.2, -0.15) is 0 Å². The van der Waals surface area contributed by atoms with Crippen molar-refractivity contribution in [1.82, 2.24) is 16.0 Å². The van der Waals surface area contributed by atoms with E-state index in [0.717, 1.165) is 11.1 Å². The smallest absolute Gasteiger partial charge is 0.267 e. The molecule has 31 heavy (non-hydrogen) atoms. The van der Waals surface area contributed by atoms with Crippen LogP contribution in [0.2, 0.25) is 0 Å². The average Bonchev–Trinajstić information content (AvgIpc) is 2.72. The van der Waals surface area contributed by atoms with E-state index in [1.807, 2.05) is 0 Å². The highest BCUT2D eigenvalue weighted by atomic mass is 16.3. The second-order valence-corrected chi connectivity index (χ2v) is 6.66. The summed E-state index contributed by atoms with van der Waals surface area (Å²) in [6, 6.07) is 8.93. The van der Waals surface area contributed by atoms with Crippen molar-refractivity contribution in [2.24, 2.45) is 0 Å². The Morgan fingerprint density at radius 2 is 1.39 bits per heavy atom. The molecule has 0 radical (unpaired) electrons. The second kappa shape index (κ2) is 11.1. The van der Waals surface area contributed by atoms with E-state index in [-0.39, 0.29) is 35.2 Å². The molecule has 7 N–H and O–H groups in total. The largest absolute Gasteiger partial charge is 0.504 e. The Morgan fingerprint density at radius 1 is 0.839 bits per heavy atom. The number of hydrogen-bond donors (Lipinski definition) is 7. The third-order valence-corrected chi connectivity index (χ3v) is 4.24. The molecule has 0 aliphatic rings. The summed E-state index contributed by atoms with van der Waals surface area (Å²) in [7, 11) is 0. The lowest BCUT2D eigenvalue weighted by atomic mass is 10.1. The van der Waals surface area contributed by atoms with E-state index in [1.54, 1.807) is 12.1 Å². The fourth-order valence-electron chi connectivity index (χ4n) is 2.56. The molecule has 0 bridgehead atoms. The number of benzene rings is 2. The highest BCUT2D eigenvalue weighted by Gasteiger charge is 2.09. The minimum absolute atomic E-state index is 0.109. The predicted molar refractivity (Wildman–Crippen MR) is 114 cm³/mol. The lowest BCUT2D eigenvalue weighted by Crippen LogP contribution is -2.34. The summed E-state index contributed by atoms with van der Waals surface area (Å²) in [5.74, 6) is -1.89. The highest BCUT2D eigenvalue weighted by molar-refractivity contribution is 5.99. The van der Waals surface area contributed by atoms with Crippen molar-refractivity contribution in [1.29, 1.82) is 0 Å². The van der Waals surface area contributed by atoms with Gasteiger partial charge in [-0.05, 0) is 48.2 Å². The Hall–Kier alpha value is -4.14. The average molecular weight is 427 g/mol. The van der Waals surface area contributed by atoms with Crippen molar-refractivity contribution in [3.05, 3.63) is 72.1 Å². The molecular weight excluding hydrogens is 402 g/mol. The summed E-state index contributed by atoms with van der Waals surface area (Å²) in [4.78, 5) is 23.8. The third-order valence-electron chi connectivity index (χ3n) is 4.24. The molecule has 0 aliphatic heterocycles. The number of phenols is 4. The molecule has 0 saturated heterocycles. The monoisotopic (exact) mass is 427 g/mol. The minimum atomic E-state index is -0.537. The fourth-order valence-corrected chi connectivity index (χ4v) is 2.56. The summed E-state index contributed by atoms with van der Waals surface area (Å²) < 4.78 is 0. The van der Waals surface area contributed by atoms with Crippen molar-refractivity contribution in [2.75, 3.05) is 13.1 Å². The first-order valence-electron chi connectivity index (χ1n) is 9.46. The minimum Gasteiger partial charge on any atom is -0.504 e. The molecule has 2 amide bonds. The van der Waals surface area contributed by atoms with Gasteiger partial charge in [0.15, 0.2) is 23.0 Å². The van der Waals surface area contributed by atoms with Crippen LogP contribution in [-0.4, -0.2) is 45.3 Å². The summed E-state index contributed by atoms with van der Waals surface area (Å²) in [6.45, 7) is 4.27. The van der Waals surface area contributed by atoms with Crippen LogP contribution >= 0.6 is 0 Å². The number of amides is 2. The predicted octanol–water partition coefficient (Wildman–Crippen LogP) is 1.14. The first kappa shape index (κ1) is 23.1. The van der Waals surface area contributed by atoms with Gasteiger partial charge in [0.1, 0.15) is 0 Å². The van der Waals surface area contributed by atoms with E-state index >= 15 is 0 Å². The van der Waals surface area contributed by atoms with Gasteiger partial charge < -0.3 is 36.4 Å². The number of nitrogens with one attached hydrogen (secondary N) is 3. The van der Waals surface area contributed by atoms with Gasteiger partial charge in [0, 0.05) is 25.4 Å². The van der Waals surface area contributed by atoms with Crippen LogP contribution in [0.5, 0.6) is 23.0 Å². The zero-order valence-corrected chi connectivity index (χ0v) is 16.8. The van der Waals surface area contributed by atoms with Gasteiger partial charge in [-0.15, -0.1) is 0 Å². The van der Waals surface area contributed by atoms with Crippen LogP contribution in [0.15, 0.2) is 61.0 Å². The topological polar surface area (TPSA) is 151 Å². The number of carbonyl (C=O) groups excluding carboxylic acids is 2. The summed E-state index contributed by atoms with van der Waals surface area (Å²) in [5, 5.41) is 45.3. The van der Waals surface area contributed by atoms with Crippen LogP contribution in [0.25, 0.3) is 0 Å². The molecule has 9 nitrogen and oxygen atoms in total. The van der Waals surface area contributed by atoms with Gasteiger partial charge in [0.05, 0.1) is 5.70 Å². The lowest BCUT2D eigenvalue weighted by molar-refractivity contribution is -0.121. The molecule has 0 fully saturated rings. The van der Waals surface area contributed by atoms with E-state index < -0.39 is 11.8 Å². The van der Waals surface area contributed by atoms with Gasteiger partial charge in [-0.1, -0.05) is 18.7 Å². The van der Waals surface area contributed by atoms with Crippen molar-refractivity contribution in [3.8, 4) is 23.0 Å². The number of hydrogen-bond acceptors (Lipinski definition) is 7. The molecule has 0 saturated carbocycles. The number of carbonyl (C=O) groups is 2. The van der Waals surface area contributed by atoms with E-state index in [1.165, 1.54) is 36.5 Å². The van der Waals surface area contributed by atoms with Gasteiger partial charge in [-0.25, -0.2) is 0 Å². The SMILES string of the molecule is C=C(NC(=O)C=CNCCc1ccc(O)c(O)c1)C(=O)NCCc1ccc(O)c(O)c1. The van der Waals surface area contributed by atoms with E-state index in [9.17, 15) is 30.0 Å². The van der Waals surface area contributed by atoms with Crippen LogP contribution in [0.3, 0.4) is 0 Å². The van der Waals surface area contributed by atoms with Gasteiger partial charge in [0.25, 0.3) is 5.91 Å². The zero-order valence-electron chi connectivity index (χ0n) is 16.8. The van der Waals surface area contributed by atoms with Crippen LogP contribution in [0, 0.1) is 0 Å². The molecular formula is C22H25N3O6. The number of rotatable bonds is 10. The second-order valence-electron chi connectivity index (χ2n) is 6.66. The molecule has 2 rings (SSSR count). The molecule has 0 spiro atoms. The van der Waals surface area contributed by atoms with Gasteiger partial charge in [-0.3, -0.25) is 9.59 Å². The molecule has 2 aromatic carbocycles. The van der Waals surface area contributed by atoms with E-state index in [0.29, 0.717) is 19.4 Å². The Labute approximate surface area is 179 Å². The van der Waals surface area contributed by atoms with Crippen molar-refractivity contribution in [3.63, 3.8) is 0 Å². The van der Waals surface area contributed by atoms with Gasteiger partial charge >= 0.3 is 0 Å². The first-order valence-corrected chi connectivity index (χ1v) is 9.46. The lowest BCUT2D eigenvalue weighted by Gasteiger charge is -2.09. The Kier molecular flexibility index (Phi) is 8.32. The molecule has 164 valence electrons. The maximum Gasteiger partial charge on any atom is 0.267 e. The van der Waals surface area contributed by atoms with Gasteiger partial charge in [0.2, 0.25) is 5.91 Å². The molecule has 2 aromatic rings. The van der Waals surface area contributed by atoms with Crippen LogP contribution < -0.4 is 16.0 Å². The highest BCUT2D eigenvalue weighted by Crippen LogP contribution is 2.25. The Balaban J connectivity index is 1.65. The molecule has 9 heteroatoms. The van der Waals surface area contributed by atoms with E-state index in [2.05, 4.69) is 22.5 Å². The zero-order chi connectivity index (χ0) is 22.8. The van der Waals surface area contributed by atoms with Crippen molar-refractivity contribution >= 4 is 11.8 Å². The maximum absolute atomic E-state index is 12.0. The van der Waals surface area contributed by atoms with E-state index in [4.69, 9.17) is 0 Å². The number of aromatic hydroxyl groups is 4. The van der Waals surface area contributed by atoms with Crippen LogP contribution in [0.4, 0.5) is 0 Å². The molecule has 0 atom stereocenters. The number of phenolic OH excluding ortho intramolecular Hbond substituents is 4. The van der Waals surface area contributed by atoms with Crippen LogP contribution in [-0.2, 0) is 22.4 Å². The maximum atomic E-state index is 12.0. The van der Waals surface area contributed by atoms with Crippen molar-refractivity contribution < 1.29 is 30.0 Å². The van der Waals surface area contributed by atoms with Crippen molar-refractivity contribution in [2.45, 2.75) is 12.8 Å². The Morgan fingerprint density at radius 3 is 1.94 bits per heavy atom. The summed E-state index contributed by atoms with van der Waals surface area (Å²) in [6.07, 6.45) is 3.63. The fraction of sp³-hybridized carbons (Fsp3) is 0.182. The molecule has 0 unspecified atom stereocenters. The molecule has 0 aromatic heterocycles. The normalized spacial score (nSPS) is 10.6. The molecule has 0 aliphatic carbocycles.